The maximum absolute atomic E-state index is 12.5. The van der Waals surface area contributed by atoms with Crippen LogP contribution in [-0.2, 0) is 19.8 Å². The predicted molar refractivity (Wildman–Crippen MR) is 73.3 cm³/mol. The quantitative estimate of drug-likeness (QED) is 0.729. The van der Waals surface area contributed by atoms with Crippen molar-refractivity contribution in [3.63, 3.8) is 0 Å². The van der Waals surface area contributed by atoms with Gasteiger partial charge in [-0.05, 0) is 17.7 Å². The number of alkyl halides is 3. The fourth-order valence-electron chi connectivity index (χ4n) is 2.16. The molecule has 0 aliphatic carbocycles. The fourth-order valence-corrected chi connectivity index (χ4v) is 2.16. The zero-order valence-corrected chi connectivity index (χ0v) is 11.5. The molecule has 22 heavy (non-hydrogen) atoms. The summed E-state index contributed by atoms with van der Waals surface area (Å²) in [5.41, 5.74) is -0.0706. The molecule has 0 atom stereocenters. The SMILES string of the molecule is Cn1cc2c(=O)n(Cc3ccc(C(F)(F)F)cc3)cnc2n1. The van der Waals surface area contributed by atoms with Crippen molar-refractivity contribution in [1.29, 1.82) is 0 Å². The molecule has 5 nitrogen and oxygen atoms in total. The lowest BCUT2D eigenvalue weighted by molar-refractivity contribution is -0.137. The molecule has 3 rings (SSSR count). The number of aryl methyl sites for hydroxylation is 1. The number of hydrogen-bond acceptors (Lipinski definition) is 3. The lowest BCUT2D eigenvalue weighted by Crippen LogP contribution is -2.20. The van der Waals surface area contributed by atoms with E-state index in [2.05, 4.69) is 10.1 Å². The van der Waals surface area contributed by atoms with E-state index in [1.807, 2.05) is 0 Å². The van der Waals surface area contributed by atoms with Gasteiger partial charge in [0.1, 0.15) is 11.7 Å². The highest BCUT2D eigenvalue weighted by molar-refractivity contribution is 5.72. The normalized spacial score (nSPS) is 12.0. The van der Waals surface area contributed by atoms with Crippen LogP contribution < -0.4 is 5.56 Å². The van der Waals surface area contributed by atoms with Gasteiger partial charge in [0.25, 0.3) is 5.56 Å². The van der Waals surface area contributed by atoms with Crippen molar-refractivity contribution in [2.24, 2.45) is 7.05 Å². The van der Waals surface area contributed by atoms with Crippen LogP contribution in [0.2, 0.25) is 0 Å². The summed E-state index contributed by atoms with van der Waals surface area (Å²) in [5, 5.41) is 4.40. The summed E-state index contributed by atoms with van der Waals surface area (Å²) in [4.78, 5) is 16.3. The number of benzene rings is 1. The number of nitrogens with zero attached hydrogens (tertiary/aromatic N) is 4. The zero-order chi connectivity index (χ0) is 15.9. The monoisotopic (exact) mass is 308 g/mol. The second-order valence-electron chi connectivity index (χ2n) is 4.91. The summed E-state index contributed by atoms with van der Waals surface area (Å²) in [6.45, 7) is 0.148. The van der Waals surface area contributed by atoms with Crippen LogP contribution in [-0.4, -0.2) is 19.3 Å². The predicted octanol–water partition coefficient (Wildman–Crippen LogP) is 2.20. The maximum atomic E-state index is 12.5. The minimum atomic E-state index is -4.37. The molecule has 8 heteroatoms. The standard InChI is InChI=1S/C14H11F3N4O/c1-20-7-11-12(19-20)18-8-21(13(11)22)6-9-2-4-10(5-3-9)14(15,16)17/h2-5,7-8H,6H2,1H3. The summed E-state index contributed by atoms with van der Waals surface area (Å²) in [5.74, 6) is 0. The Morgan fingerprint density at radius 1 is 1.18 bits per heavy atom. The van der Waals surface area contributed by atoms with Crippen LogP contribution in [0.5, 0.6) is 0 Å². The van der Waals surface area contributed by atoms with Gasteiger partial charge in [-0.15, -0.1) is 0 Å². The van der Waals surface area contributed by atoms with E-state index in [0.717, 1.165) is 12.1 Å². The van der Waals surface area contributed by atoms with Gasteiger partial charge in [-0.3, -0.25) is 14.0 Å². The summed E-state index contributed by atoms with van der Waals surface area (Å²) < 4.78 is 40.4. The van der Waals surface area contributed by atoms with E-state index >= 15 is 0 Å². The first kappa shape index (κ1) is 14.3. The van der Waals surface area contributed by atoms with Crippen LogP contribution in [0.25, 0.3) is 11.0 Å². The van der Waals surface area contributed by atoms with Crippen LogP contribution in [0.4, 0.5) is 13.2 Å². The zero-order valence-electron chi connectivity index (χ0n) is 11.5. The Labute approximate surface area is 122 Å². The fraction of sp³-hybridized carbons (Fsp3) is 0.214. The second-order valence-corrected chi connectivity index (χ2v) is 4.91. The van der Waals surface area contributed by atoms with E-state index in [0.29, 0.717) is 16.6 Å². The molecule has 3 aromatic rings. The van der Waals surface area contributed by atoms with E-state index in [-0.39, 0.29) is 12.1 Å². The molecule has 0 fully saturated rings. The molecular weight excluding hydrogens is 297 g/mol. The molecule has 2 heterocycles. The molecule has 0 spiro atoms. The van der Waals surface area contributed by atoms with Gasteiger partial charge >= 0.3 is 6.18 Å². The van der Waals surface area contributed by atoms with Crippen LogP contribution in [0.3, 0.4) is 0 Å². The molecule has 2 aromatic heterocycles. The van der Waals surface area contributed by atoms with Crippen molar-refractivity contribution >= 4 is 11.0 Å². The van der Waals surface area contributed by atoms with Gasteiger partial charge in [-0.2, -0.15) is 18.3 Å². The molecule has 0 bridgehead atoms. The molecule has 0 N–H and O–H groups in total. The van der Waals surface area contributed by atoms with Crippen LogP contribution in [0.1, 0.15) is 11.1 Å². The third-order valence-corrected chi connectivity index (χ3v) is 3.25. The Kier molecular flexibility index (Phi) is 3.23. The van der Waals surface area contributed by atoms with Gasteiger partial charge in [0, 0.05) is 13.2 Å². The van der Waals surface area contributed by atoms with E-state index in [4.69, 9.17) is 0 Å². The number of halogens is 3. The molecule has 114 valence electrons. The number of aromatic nitrogens is 4. The van der Waals surface area contributed by atoms with Gasteiger partial charge in [-0.1, -0.05) is 12.1 Å². The molecule has 0 aliphatic rings. The average Bonchev–Trinajstić information content (AvgIpc) is 2.83. The molecule has 0 saturated carbocycles. The van der Waals surface area contributed by atoms with Crippen molar-refractivity contribution in [1.82, 2.24) is 19.3 Å². The average molecular weight is 308 g/mol. The highest BCUT2D eigenvalue weighted by Crippen LogP contribution is 2.29. The van der Waals surface area contributed by atoms with E-state index in [1.165, 1.54) is 27.7 Å². The number of fused-ring (bicyclic) bond motifs is 1. The summed E-state index contributed by atoms with van der Waals surface area (Å²) in [6.07, 6.45) is -1.46. The van der Waals surface area contributed by atoms with Crippen LogP contribution in [0.15, 0.2) is 41.6 Å². The number of rotatable bonds is 2. The molecule has 0 saturated heterocycles. The first-order valence-corrected chi connectivity index (χ1v) is 6.39. The van der Waals surface area contributed by atoms with Crippen molar-refractivity contribution in [2.75, 3.05) is 0 Å². The Morgan fingerprint density at radius 3 is 2.50 bits per heavy atom. The Hall–Kier alpha value is -2.64. The first-order chi connectivity index (χ1) is 10.3. The summed E-state index contributed by atoms with van der Waals surface area (Å²) >= 11 is 0. The van der Waals surface area contributed by atoms with Gasteiger partial charge < -0.3 is 0 Å². The lowest BCUT2D eigenvalue weighted by atomic mass is 10.1. The first-order valence-electron chi connectivity index (χ1n) is 6.39. The van der Waals surface area contributed by atoms with Gasteiger partial charge in [0.05, 0.1) is 12.1 Å². The van der Waals surface area contributed by atoms with Crippen molar-refractivity contribution in [3.05, 3.63) is 58.3 Å². The Morgan fingerprint density at radius 2 is 1.86 bits per heavy atom. The summed E-state index contributed by atoms with van der Waals surface area (Å²) in [6, 6.07) is 4.69. The highest BCUT2D eigenvalue weighted by Gasteiger charge is 2.29. The molecule has 0 aliphatic heterocycles. The molecular formula is C14H11F3N4O. The molecule has 0 radical (unpaired) electrons. The Balaban J connectivity index is 1.93. The second kappa shape index (κ2) is 4.97. The smallest absolute Gasteiger partial charge is 0.294 e. The van der Waals surface area contributed by atoms with Crippen LogP contribution in [0, 0.1) is 0 Å². The van der Waals surface area contributed by atoms with Gasteiger partial charge in [-0.25, -0.2) is 4.98 Å². The van der Waals surface area contributed by atoms with Crippen molar-refractivity contribution < 1.29 is 13.2 Å². The van der Waals surface area contributed by atoms with Crippen molar-refractivity contribution in [3.8, 4) is 0 Å². The topological polar surface area (TPSA) is 52.7 Å². The van der Waals surface area contributed by atoms with Crippen molar-refractivity contribution in [2.45, 2.75) is 12.7 Å². The molecule has 0 amide bonds. The maximum Gasteiger partial charge on any atom is 0.416 e. The molecule has 1 aromatic carbocycles. The van der Waals surface area contributed by atoms with E-state index in [9.17, 15) is 18.0 Å². The Bertz CT molecular complexity index is 878. The van der Waals surface area contributed by atoms with Gasteiger partial charge in [0.2, 0.25) is 0 Å². The van der Waals surface area contributed by atoms with Gasteiger partial charge in [0.15, 0.2) is 5.65 Å². The minimum Gasteiger partial charge on any atom is -0.294 e. The number of hydrogen-bond donors (Lipinski definition) is 0. The van der Waals surface area contributed by atoms with E-state index < -0.39 is 11.7 Å². The minimum absolute atomic E-state index is 0.148. The lowest BCUT2D eigenvalue weighted by Gasteiger charge is -2.08. The highest BCUT2D eigenvalue weighted by atomic mass is 19.4. The third kappa shape index (κ3) is 2.59. The third-order valence-electron chi connectivity index (χ3n) is 3.25. The molecule has 0 unspecified atom stereocenters. The van der Waals surface area contributed by atoms with E-state index in [1.54, 1.807) is 13.2 Å². The van der Waals surface area contributed by atoms with Crippen LogP contribution >= 0.6 is 0 Å². The largest absolute Gasteiger partial charge is 0.416 e. The summed E-state index contributed by atoms with van der Waals surface area (Å²) in [7, 11) is 1.68.